The summed E-state index contributed by atoms with van der Waals surface area (Å²) in [6.45, 7) is 15.6. The lowest BCUT2D eigenvalue weighted by Crippen LogP contribution is -2.32. The van der Waals surface area contributed by atoms with Crippen molar-refractivity contribution in [1.82, 2.24) is 5.32 Å². The molecular weight excluding hydrogens is 588 g/mol. The van der Waals surface area contributed by atoms with Crippen LogP contribution in [0.5, 0.6) is 23.0 Å². The zero-order valence-corrected chi connectivity index (χ0v) is 28.0. The predicted octanol–water partition coefficient (Wildman–Crippen LogP) is 5.61. The van der Waals surface area contributed by atoms with E-state index in [1.165, 1.54) is 12.5 Å². The third kappa shape index (κ3) is 18.8. The monoisotopic (exact) mass is 642 g/mol. The molecule has 0 spiro atoms. The first-order valence-electron chi connectivity index (χ1n) is 15.5. The molecule has 2 aromatic rings. The number of hydrogen-bond donors (Lipinski definition) is 3. The minimum Gasteiger partial charge on any atom is -0.502 e. The zero-order valence-electron chi connectivity index (χ0n) is 28.0. The molecule has 0 amide bonds. The standard InChI is InChI=1S/C18H27NO4.C13H16O3.C5H11NO/c1-4-7-15-8-9-17(18(12-15)21-3)23-14-16(20)13-19-10-6-11-22-5-2;1-3-4-10-5-6-12(13(7-10)14-2)16-9-11-8-15-11;1-2-7-5-3-4-6/h4-5,7-9,12,16,19-20H,2,6,10-11,13-14H2,1,3H3;3-7,11H,8-9H2,1-2H3;2H,1,3-6H2. The van der Waals surface area contributed by atoms with Crippen LogP contribution in [-0.2, 0) is 14.2 Å². The van der Waals surface area contributed by atoms with Gasteiger partial charge in [0.15, 0.2) is 23.0 Å². The summed E-state index contributed by atoms with van der Waals surface area (Å²) in [5.74, 6) is 2.81. The Bertz CT molecular complexity index is 1150. The van der Waals surface area contributed by atoms with Crippen LogP contribution in [-0.4, -0.2) is 84.2 Å². The van der Waals surface area contributed by atoms with Crippen LogP contribution in [0.25, 0.3) is 12.2 Å². The number of aliphatic hydroxyl groups excluding tert-OH is 1. The van der Waals surface area contributed by atoms with Gasteiger partial charge in [-0.25, -0.2) is 0 Å². The van der Waals surface area contributed by atoms with Crippen molar-refractivity contribution in [3.8, 4) is 23.0 Å². The molecule has 0 aromatic heterocycles. The molecule has 1 aliphatic rings. The quantitative estimate of drug-likeness (QED) is 0.0899. The fraction of sp³-hybridized carbons (Fsp3) is 0.444. The zero-order chi connectivity index (χ0) is 33.8. The Morgan fingerprint density at radius 1 is 0.891 bits per heavy atom. The Labute approximate surface area is 275 Å². The normalized spacial score (nSPS) is 13.8. The van der Waals surface area contributed by atoms with E-state index in [4.69, 9.17) is 38.9 Å². The highest BCUT2D eigenvalue weighted by Gasteiger charge is 2.23. The van der Waals surface area contributed by atoms with Gasteiger partial charge in [-0.2, -0.15) is 0 Å². The van der Waals surface area contributed by atoms with Crippen molar-refractivity contribution in [3.05, 3.63) is 85.4 Å². The average molecular weight is 643 g/mol. The Hall–Kier alpha value is -3.96. The molecule has 3 rings (SSSR count). The number of allylic oxidation sites excluding steroid dienone is 2. The highest BCUT2D eigenvalue weighted by Crippen LogP contribution is 2.30. The molecule has 1 fully saturated rings. The predicted molar refractivity (Wildman–Crippen MR) is 186 cm³/mol. The number of methoxy groups -OCH3 is 2. The van der Waals surface area contributed by atoms with Crippen molar-refractivity contribution >= 4 is 12.2 Å². The molecule has 2 unspecified atom stereocenters. The molecule has 46 heavy (non-hydrogen) atoms. The van der Waals surface area contributed by atoms with E-state index < -0.39 is 6.10 Å². The molecule has 1 aliphatic heterocycles. The minimum absolute atomic E-state index is 0.204. The van der Waals surface area contributed by atoms with Crippen LogP contribution in [0.2, 0.25) is 0 Å². The first kappa shape index (κ1) is 40.1. The van der Waals surface area contributed by atoms with Crippen molar-refractivity contribution in [2.24, 2.45) is 5.73 Å². The van der Waals surface area contributed by atoms with Gasteiger partial charge in [0.25, 0.3) is 0 Å². The van der Waals surface area contributed by atoms with E-state index in [0.29, 0.717) is 44.4 Å². The summed E-state index contributed by atoms with van der Waals surface area (Å²) >= 11 is 0. The molecule has 2 aromatic carbocycles. The molecule has 10 heteroatoms. The lowest BCUT2D eigenvalue weighted by Gasteiger charge is -2.15. The Morgan fingerprint density at radius 3 is 1.91 bits per heavy atom. The van der Waals surface area contributed by atoms with Crippen LogP contribution in [0.3, 0.4) is 0 Å². The smallest absolute Gasteiger partial charge is 0.161 e. The lowest BCUT2D eigenvalue weighted by atomic mass is 10.2. The number of ether oxygens (including phenoxy) is 7. The maximum atomic E-state index is 9.93. The molecule has 4 N–H and O–H groups in total. The number of rotatable bonds is 21. The maximum absolute atomic E-state index is 9.93. The van der Waals surface area contributed by atoms with Gasteiger partial charge in [0, 0.05) is 6.54 Å². The number of nitrogens with two attached hydrogens (primary N) is 1. The summed E-state index contributed by atoms with van der Waals surface area (Å²) in [7, 11) is 3.25. The molecular formula is C36H54N2O8. The molecule has 256 valence electrons. The average Bonchev–Trinajstić information content (AvgIpc) is 3.91. The molecule has 1 heterocycles. The van der Waals surface area contributed by atoms with Gasteiger partial charge in [-0.3, -0.25) is 0 Å². The van der Waals surface area contributed by atoms with Gasteiger partial charge in [0.2, 0.25) is 0 Å². The van der Waals surface area contributed by atoms with Crippen molar-refractivity contribution in [1.29, 1.82) is 0 Å². The fourth-order valence-electron chi connectivity index (χ4n) is 3.67. The van der Waals surface area contributed by atoms with Gasteiger partial charge in [-0.15, -0.1) is 0 Å². The van der Waals surface area contributed by atoms with E-state index in [9.17, 15) is 5.11 Å². The Kier molecular flexibility index (Phi) is 22.9. The van der Waals surface area contributed by atoms with E-state index in [0.717, 1.165) is 48.6 Å². The second kappa shape index (κ2) is 26.3. The van der Waals surface area contributed by atoms with Crippen LogP contribution in [0.1, 0.15) is 37.8 Å². The van der Waals surface area contributed by atoms with Gasteiger partial charge in [0.1, 0.15) is 25.4 Å². The minimum atomic E-state index is -0.588. The van der Waals surface area contributed by atoms with E-state index in [1.807, 2.05) is 74.5 Å². The molecule has 1 saturated heterocycles. The summed E-state index contributed by atoms with van der Waals surface area (Å²) in [5, 5.41) is 13.1. The summed E-state index contributed by atoms with van der Waals surface area (Å²) in [4.78, 5) is 0. The van der Waals surface area contributed by atoms with Crippen LogP contribution >= 0.6 is 0 Å². The first-order valence-corrected chi connectivity index (χ1v) is 15.5. The molecule has 0 radical (unpaired) electrons. The highest BCUT2D eigenvalue weighted by atomic mass is 16.6. The fourth-order valence-corrected chi connectivity index (χ4v) is 3.67. The molecule has 10 nitrogen and oxygen atoms in total. The summed E-state index contributed by atoms with van der Waals surface area (Å²) in [6.07, 6.45) is 12.3. The van der Waals surface area contributed by atoms with Crippen LogP contribution in [0.15, 0.2) is 74.2 Å². The van der Waals surface area contributed by atoms with Crippen LogP contribution in [0, 0.1) is 0 Å². The van der Waals surface area contributed by atoms with E-state index in [1.54, 1.807) is 14.2 Å². The van der Waals surface area contributed by atoms with Gasteiger partial charge in [-0.05, 0) is 75.2 Å². The molecule has 0 bridgehead atoms. The molecule has 2 atom stereocenters. The number of epoxide rings is 1. The van der Waals surface area contributed by atoms with Crippen molar-refractivity contribution in [3.63, 3.8) is 0 Å². The Morgan fingerprint density at radius 2 is 1.43 bits per heavy atom. The van der Waals surface area contributed by atoms with E-state index in [2.05, 4.69) is 18.5 Å². The summed E-state index contributed by atoms with van der Waals surface area (Å²) in [5.41, 5.74) is 7.30. The number of nitrogens with one attached hydrogen (secondary N) is 1. The van der Waals surface area contributed by atoms with Gasteiger partial charge >= 0.3 is 0 Å². The van der Waals surface area contributed by atoms with Crippen molar-refractivity contribution in [2.75, 3.05) is 66.9 Å². The maximum Gasteiger partial charge on any atom is 0.161 e. The number of aliphatic hydroxyl groups is 1. The van der Waals surface area contributed by atoms with E-state index in [-0.39, 0.29) is 12.7 Å². The lowest BCUT2D eigenvalue weighted by molar-refractivity contribution is 0.104. The first-order chi connectivity index (χ1) is 22.5. The van der Waals surface area contributed by atoms with Crippen LogP contribution in [0.4, 0.5) is 0 Å². The van der Waals surface area contributed by atoms with Gasteiger partial charge in [0.05, 0.1) is 46.6 Å². The second-order valence-corrected chi connectivity index (χ2v) is 9.83. The second-order valence-electron chi connectivity index (χ2n) is 9.83. The number of hydrogen-bond acceptors (Lipinski definition) is 10. The van der Waals surface area contributed by atoms with Gasteiger partial charge < -0.3 is 49.3 Å². The number of benzene rings is 2. The van der Waals surface area contributed by atoms with Crippen LogP contribution < -0.4 is 30.0 Å². The molecule has 0 saturated carbocycles. The largest absolute Gasteiger partial charge is 0.502 e. The van der Waals surface area contributed by atoms with E-state index >= 15 is 0 Å². The summed E-state index contributed by atoms with van der Waals surface area (Å²) < 4.78 is 36.7. The third-order valence-electron chi connectivity index (χ3n) is 6.05. The highest BCUT2D eigenvalue weighted by molar-refractivity contribution is 5.56. The van der Waals surface area contributed by atoms with Crippen molar-refractivity contribution < 1.29 is 38.3 Å². The topological polar surface area (TPSA) is 126 Å². The van der Waals surface area contributed by atoms with Crippen molar-refractivity contribution in [2.45, 2.75) is 38.9 Å². The summed E-state index contributed by atoms with van der Waals surface area (Å²) in [6, 6.07) is 11.6. The Balaban J connectivity index is 0.000000396. The molecule has 0 aliphatic carbocycles. The SMILES string of the molecule is C=COCCCN.C=COCCCNCC(O)COc1ccc(C=CC)cc1OC.CC=Cc1ccc(OCC2CO2)c(OC)c1. The van der Waals surface area contributed by atoms with Gasteiger partial charge in [-0.1, -0.05) is 49.6 Å². The third-order valence-corrected chi connectivity index (χ3v) is 6.05.